The number of aromatic nitrogens is 2. The van der Waals surface area contributed by atoms with Gasteiger partial charge in [-0.3, -0.25) is 14.9 Å². The van der Waals surface area contributed by atoms with Gasteiger partial charge >= 0.3 is 5.69 Å². The van der Waals surface area contributed by atoms with Gasteiger partial charge in [-0.15, -0.1) is 0 Å². The lowest BCUT2D eigenvalue weighted by atomic mass is 10.3. The summed E-state index contributed by atoms with van der Waals surface area (Å²) in [6.07, 6.45) is 3.53. The first-order valence-electron chi connectivity index (χ1n) is 6.32. The van der Waals surface area contributed by atoms with E-state index in [1.807, 2.05) is 0 Å². The lowest BCUT2D eigenvalue weighted by molar-refractivity contribution is -0.383. The molecule has 9 heteroatoms. The van der Waals surface area contributed by atoms with Gasteiger partial charge in [0.25, 0.3) is 0 Å². The fourth-order valence-electron chi connectivity index (χ4n) is 1.69. The van der Waals surface area contributed by atoms with E-state index in [1.165, 1.54) is 6.33 Å². The van der Waals surface area contributed by atoms with E-state index in [9.17, 15) is 14.9 Å². The van der Waals surface area contributed by atoms with Gasteiger partial charge in [-0.05, 0) is 12.8 Å². The minimum Gasteiger partial charge on any atom is -0.367 e. The van der Waals surface area contributed by atoms with Gasteiger partial charge in [0.15, 0.2) is 0 Å². The van der Waals surface area contributed by atoms with Crippen molar-refractivity contribution in [3.05, 3.63) is 16.4 Å². The van der Waals surface area contributed by atoms with Crippen molar-refractivity contribution in [1.82, 2.24) is 15.3 Å². The van der Waals surface area contributed by atoms with Gasteiger partial charge in [0.2, 0.25) is 17.5 Å². The molecular formula is C11H16N6O3. The van der Waals surface area contributed by atoms with Crippen molar-refractivity contribution in [2.45, 2.75) is 25.3 Å². The third-order valence-electron chi connectivity index (χ3n) is 2.83. The first-order chi connectivity index (χ1) is 9.61. The van der Waals surface area contributed by atoms with Crippen LogP contribution in [-0.4, -0.2) is 40.4 Å². The summed E-state index contributed by atoms with van der Waals surface area (Å²) >= 11 is 0. The quantitative estimate of drug-likeness (QED) is 0.491. The maximum absolute atomic E-state index is 11.5. The summed E-state index contributed by atoms with van der Waals surface area (Å²) in [6.45, 7) is 0.277. The van der Waals surface area contributed by atoms with E-state index in [4.69, 9.17) is 0 Å². The second-order valence-electron chi connectivity index (χ2n) is 4.45. The molecule has 0 unspecified atom stereocenters. The number of hydrogen-bond acceptors (Lipinski definition) is 7. The van der Waals surface area contributed by atoms with E-state index in [0.29, 0.717) is 6.04 Å². The average molecular weight is 280 g/mol. The Morgan fingerprint density at radius 2 is 2.15 bits per heavy atom. The molecule has 1 fully saturated rings. The van der Waals surface area contributed by atoms with Crippen molar-refractivity contribution in [2.75, 3.05) is 24.2 Å². The number of carbonyl (C=O) groups excluding carboxylic acids is 1. The fourth-order valence-corrected chi connectivity index (χ4v) is 1.69. The number of amides is 1. The molecular weight excluding hydrogens is 264 g/mol. The van der Waals surface area contributed by atoms with Gasteiger partial charge in [0.1, 0.15) is 6.33 Å². The van der Waals surface area contributed by atoms with Crippen molar-refractivity contribution in [2.24, 2.45) is 0 Å². The highest BCUT2D eigenvalue weighted by atomic mass is 16.6. The molecule has 1 aliphatic rings. The Hall–Kier alpha value is -2.45. The molecule has 9 nitrogen and oxygen atoms in total. The largest absolute Gasteiger partial charge is 0.367 e. The highest BCUT2D eigenvalue weighted by Crippen LogP contribution is 2.28. The Balaban J connectivity index is 1.94. The van der Waals surface area contributed by atoms with Gasteiger partial charge in [0, 0.05) is 26.1 Å². The molecule has 1 saturated carbocycles. The summed E-state index contributed by atoms with van der Waals surface area (Å²) < 4.78 is 0. The normalized spacial score (nSPS) is 13.7. The molecule has 1 aromatic heterocycles. The molecule has 0 bridgehead atoms. The van der Waals surface area contributed by atoms with Crippen LogP contribution in [0.3, 0.4) is 0 Å². The monoisotopic (exact) mass is 280 g/mol. The van der Waals surface area contributed by atoms with Crippen molar-refractivity contribution in [3.63, 3.8) is 0 Å². The van der Waals surface area contributed by atoms with E-state index in [2.05, 4.69) is 25.9 Å². The second-order valence-corrected chi connectivity index (χ2v) is 4.45. The summed E-state index contributed by atoms with van der Waals surface area (Å²) in [5.74, 6) is 0.175. The molecule has 108 valence electrons. The zero-order valence-electron chi connectivity index (χ0n) is 11.0. The zero-order chi connectivity index (χ0) is 14.5. The molecule has 1 aliphatic carbocycles. The molecule has 0 aromatic carbocycles. The summed E-state index contributed by atoms with van der Waals surface area (Å²) in [5, 5.41) is 19.3. The van der Waals surface area contributed by atoms with Gasteiger partial charge in [-0.1, -0.05) is 0 Å². The second kappa shape index (κ2) is 6.13. The van der Waals surface area contributed by atoms with Gasteiger partial charge < -0.3 is 16.0 Å². The van der Waals surface area contributed by atoms with E-state index in [1.54, 1.807) is 7.05 Å². The van der Waals surface area contributed by atoms with Crippen LogP contribution in [0.2, 0.25) is 0 Å². The minimum absolute atomic E-state index is 0.0643. The zero-order valence-corrected chi connectivity index (χ0v) is 11.0. The Morgan fingerprint density at radius 3 is 2.75 bits per heavy atom. The minimum atomic E-state index is -0.557. The van der Waals surface area contributed by atoms with Crippen LogP contribution in [0.1, 0.15) is 19.3 Å². The molecule has 1 heterocycles. The van der Waals surface area contributed by atoms with Crippen LogP contribution >= 0.6 is 0 Å². The van der Waals surface area contributed by atoms with Crippen molar-refractivity contribution >= 4 is 23.2 Å². The van der Waals surface area contributed by atoms with Crippen molar-refractivity contribution < 1.29 is 9.72 Å². The van der Waals surface area contributed by atoms with Crippen LogP contribution in [0.4, 0.5) is 17.3 Å². The number of rotatable bonds is 7. The maximum Gasteiger partial charge on any atom is 0.353 e. The van der Waals surface area contributed by atoms with Crippen LogP contribution in [0.5, 0.6) is 0 Å². The summed E-state index contributed by atoms with van der Waals surface area (Å²) in [6, 6.07) is 0.312. The lowest BCUT2D eigenvalue weighted by Crippen LogP contribution is -2.27. The molecule has 3 N–H and O–H groups in total. The van der Waals surface area contributed by atoms with E-state index in [0.717, 1.165) is 12.8 Å². The third-order valence-corrected chi connectivity index (χ3v) is 2.83. The first kappa shape index (κ1) is 14.0. The van der Waals surface area contributed by atoms with Gasteiger partial charge in [0.05, 0.1) is 4.92 Å². The van der Waals surface area contributed by atoms with Crippen LogP contribution in [0.15, 0.2) is 6.33 Å². The topological polar surface area (TPSA) is 122 Å². The van der Waals surface area contributed by atoms with E-state index in [-0.39, 0.29) is 36.2 Å². The molecule has 0 radical (unpaired) electrons. The van der Waals surface area contributed by atoms with Crippen molar-refractivity contribution in [3.8, 4) is 0 Å². The third kappa shape index (κ3) is 3.53. The Bertz CT molecular complexity index is 517. The predicted octanol–water partition coefficient (Wildman–Crippen LogP) is 0.507. The molecule has 20 heavy (non-hydrogen) atoms. The lowest BCUT2D eigenvalue weighted by Gasteiger charge is -2.08. The number of carbonyl (C=O) groups is 1. The predicted molar refractivity (Wildman–Crippen MR) is 72.5 cm³/mol. The molecule has 0 aliphatic heterocycles. The first-order valence-corrected chi connectivity index (χ1v) is 6.32. The van der Waals surface area contributed by atoms with Crippen LogP contribution < -0.4 is 16.0 Å². The smallest absolute Gasteiger partial charge is 0.353 e. The van der Waals surface area contributed by atoms with Crippen molar-refractivity contribution in [1.29, 1.82) is 0 Å². The van der Waals surface area contributed by atoms with Gasteiger partial charge in [-0.25, -0.2) is 9.97 Å². The van der Waals surface area contributed by atoms with E-state index >= 15 is 0 Å². The van der Waals surface area contributed by atoms with Crippen LogP contribution in [0.25, 0.3) is 0 Å². The maximum atomic E-state index is 11.5. The summed E-state index contributed by atoms with van der Waals surface area (Å²) in [5.41, 5.74) is -0.224. The molecule has 0 saturated heterocycles. The summed E-state index contributed by atoms with van der Waals surface area (Å²) in [4.78, 5) is 29.6. The Morgan fingerprint density at radius 1 is 1.45 bits per heavy atom. The molecule has 2 rings (SSSR count). The highest BCUT2D eigenvalue weighted by Gasteiger charge is 2.24. The molecule has 1 aromatic rings. The number of nitro groups is 1. The SMILES string of the molecule is CNc1ncnc(NCCC(=O)NC2CC2)c1[N+](=O)[O-]. The van der Waals surface area contributed by atoms with Crippen LogP contribution in [-0.2, 0) is 4.79 Å². The molecule has 1 amide bonds. The Kier molecular flexibility index (Phi) is 4.28. The van der Waals surface area contributed by atoms with E-state index < -0.39 is 4.92 Å². The standard InChI is InChI=1S/C11H16N6O3/c1-12-10-9(17(19)20)11(15-6-14-10)13-5-4-8(18)16-7-2-3-7/h6-7H,2-5H2,1H3,(H,16,18)(H2,12,13,14,15). The Labute approximate surface area is 115 Å². The molecule has 0 atom stereocenters. The van der Waals surface area contributed by atoms with Crippen LogP contribution in [0, 0.1) is 10.1 Å². The number of nitrogens with one attached hydrogen (secondary N) is 3. The number of hydrogen-bond donors (Lipinski definition) is 3. The highest BCUT2D eigenvalue weighted by molar-refractivity contribution is 5.77. The van der Waals surface area contributed by atoms with Gasteiger partial charge in [-0.2, -0.15) is 0 Å². The summed E-state index contributed by atoms with van der Waals surface area (Å²) in [7, 11) is 1.54. The average Bonchev–Trinajstić information content (AvgIpc) is 3.21. The number of anilines is 2. The fraction of sp³-hybridized carbons (Fsp3) is 0.545. The molecule has 0 spiro atoms. The number of nitrogens with zero attached hydrogens (tertiary/aromatic N) is 3.